The third-order valence-corrected chi connectivity index (χ3v) is 3.69. The first-order valence-corrected chi connectivity index (χ1v) is 6.62. The first-order chi connectivity index (χ1) is 8.97. The molecule has 1 atom stereocenters. The highest BCUT2D eigenvalue weighted by molar-refractivity contribution is 6.30. The highest BCUT2D eigenvalue weighted by Crippen LogP contribution is 2.22. The minimum absolute atomic E-state index is 0.119. The molecule has 0 fully saturated rings. The number of rotatable bonds is 3. The Morgan fingerprint density at radius 3 is 2.47 bits per heavy atom. The number of nitrogens with two attached hydrogens (primary N) is 1. The van der Waals surface area contributed by atoms with Gasteiger partial charge in [0.2, 0.25) is 0 Å². The number of hydrogen-bond donors (Lipinski definition) is 1. The molecule has 0 saturated heterocycles. The Bertz CT molecular complexity index is 595. The highest BCUT2D eigenvalue weighted by atomic mass is 35.5. The summed E-state index contributed by atoms with van der Waals surface area (Å²) in [4.78, 5) is 0. The fourth-order valence-corrected chi connectivity index (χ4v) is 2.23. The van der Waals surface area contributed by atoms with Gasteiger partial charge in [-0.2, -0.15) is 0 Å². The third kappa shape index (κ3) is 3.34. The van der Waals surface area contributed by atoms with E-state index in [9.17, 15) is 4.39 Å². The maximum absolute atomic E-state index is 13.1. The van der Waals surface area contributed by atoms with Gasteiger partial charge in [-0.1, -0.05) is 35.9 Å². The SMILES string of the molecule is Cc1ccc(CC(N)c2ccc(F)c(Cl)c2)cc1C. The Balaban J connectivity index is 2.17. The molecule has 0 amide bonds. The van der Waals surface area contributed by atoms with Gasteiger partial charge in [0, 0.05) is 6.04 Å². The number of halogens is 2. The van der Waals surface area contributed by atoms with Gasteiger partial charge >= 0.3 is 0 Å². The molecule has 2 aromatic rings. The molecular weight excluding hydrogens is 261 g/mol. The van der Waals surface area contributed by atoms with Crippen molar-refractivity contribution in [1.82, 2.24) is 0 Å². The number of aryl methyl sites for hydroxylation is 2. The van der Waals surface area contributed by atoms with Gasteiger partial charge in [0.25, 0.3) is 0 Å². The highest BCUT2D eigenvalue weighted by Gasteiger charge is 2.10. The fourth-order valence-electron chi connectivity index (χ4n) is 2.05. The maximum Gasteiger partial charge on any atom is 0.141 e. The van der Waals surface area contributed by atoms with Crippen LogP contribution in [0.25, 0.3) is 0 Å². The van der Waals surface area contributed by atoms with E-state index in [4.69, 9.17) is 17.3 Å². The van der Waals surface area contributed by atoms with Gasteiger partial charge in [-0.15, -0.1) is 0 Å². The van der Waals surface area contributed by atoms with E-state index in [1.165, 1.54) is 22.8 Å². The summed E-state index contributed by atoms with van der Waals surface area (Å²) in [6.45, 7) is 4.16. The van der Waals surface area contributed by atoms with E-state index in [-0.39, 0.29) is 11.1 Å². The second-order valence-electron chi connectivity index (χ2n) is 4.90. The van der Waals surface area contributed by atoms with Crippen molar-refractivity contribution in [1.29, 1.82) is 0 Å². The molecule has 0 aliphatic carbocycles. The van der Waals surface area contributed by atoms with Crippen LogP contribution in [0.3, 0.4) is 0 Å². The van der Waals surface area contributed by atoms with Gasteiger partial charge in [0.05, 0.1) is 5.02 Å². The first kappa shape index (κ1) is 14.0. The van der Waals surface area contributed by atoms with E-state index in [2.05, 4.69) is 32.0 Å². The Morgan fingerprint density at radius 1 is 1.11 bits per heavy atom. The molecule has 0 radical (unpaired) electrons. The Hall–Kier alpha value is -1.38. The third-order valence-electron chi connectivity index (χ3n) is 3.40. The topological polar surface area (TPSA) is 26.0 Å². The quantitative estimate of drug-likeness (QED) is 0.887. The number of hydrogen-bond acceptors (Lipinski definition) is 1. The average molecular weight is 278 g/mol. The van der Waals surface area contributed by atoms with Gasteiger partial charge in [-0.05, 0) is 54.7 Å². The largest absolute Gasteiger partial charge is 0.324 e. The van der Waals surface area contributed by atoms with Crippen molar-refractivity contribution in [2.45, 2.75) is 26.3 Å². The Kier molecular flexibility index (Phi) is 4.23. The zero-order valence-corrected chi connectivity index (χ0v) is 11.8. The second kappa shape index (κ2) is 5.72. The minimum atomic E-state index is -0.413. The van der Waals surface area contributed by atoms with Crippen LogP contribution < -0.4 is 5.73 Å². The lowest BCUT2D eigenvalue weighted by Crippen LogP contribution is -2.13. The van der Waals surface area contributed by atoms with E-state index in [0.717, 1.165) is 5.56 Å². The van der Waals surface area contributed by atoms with Crippen LogP contribution in [-0.2, 0) is 6.42 Å². The van der Waals surface area contributed by atoms with E-state index in [0.29, 0.717) is 6.42 Å². The van der Waals surface area contributed by atoms with E-state index in [1.54, 1.807) is 12.1 Å². The molecule has 0 aliphatic heterocycles. The fraction of sp³-hybridized carbons (Fsp3) is 0.250. The summed E-state index contributed by atoms with van der Waals surface area (Å²) in [7, 11) is 0. The zero-order valence-electron chi connectivity index (χ0n) is 11.1. The zero-order chi connectivity index (χ0) is 14.0. The molecule has 100 valence electrons. The monoisotopic (exact) mass is 277 g/mol. The van der Waals surface area contributed by atoms with Crippen LogP contribution >= 0.6 is 11.6 Å². The van der Waals surface area contributed by atoms with Crippen molar-refractivity contribution in [2.24, 2.45) is 5.73 Å². The summed E-state index contributed by atoms with van der Waals surface area (Å²) in [6, 6.07) is 10.8. The lowest BCUT2D eigenvalue weighted by molar-refractivity contribution is 0.625. The van der Waals surface area contributed by atoms with Crippen LogP contribution in [0.15, 0.2) is 36.4 Å². The molecule has 0 spiro atoms. The molecule has 0 saturated carbocycles. The average Bonchev–Trinajstić information content (AvgIpc) is 2.37. The van der Waals surface area contributed by atoms with E-state index in [1.807, 2.05) is 0 Å². The molecule has 0 bridgehead atoms. The Morgan fingerprint density at radius 2 is 1.84 bits per heavy atom. The lowest BCUT2D eigenvalue weighted by Gasteiger charge is -2.14. The summed E-state index contributed by atoms with van der Waals surface area (Å²) < 4.78 is 13.1. The smallest absolute Gasteiger partial charge is 0.141 e. The van der Waals surface area contributed by atoms with Crippen molar-refractivity contribution in [3.8, 4) is 0 Å². The van der Waals surface area contributed by atoms with Gasteiger partial charge in [0.1, 0.15) is 5.82 Å². The predicted molar refractivity (Wildman–Crippen MR) is 78.0 cm³/mol. The minimum Gasteiger partial charge on any atom is -0.324 e. The maximum atomic E-state index is 13.1. The molecule has 0 aliphatic rings. The molecule has 1 unspecified atom stereocenters. The lowest BCUT2D eigenvalue weighted by atomic mass is 9.97. The molecule has 2 rings (SSSR count). The van der Waals surface area contributed by atoms with Gasteiger partial charge in [-0.3, -0.25) is 0 Å². The van der Waals surface area contributed by atoms with Crippen LogP contribution in [0.5, 0.6) is 0 Å². The first-order valence-electron chi connectivity index (χ1n) is 6.24. The van der Waals surface area contributed by atoms with Gasteiger partial charge < -0.3 is 5.73 Å². The van der Waals surface area contributed by atoms with Crippen LogP contribution in [0.1, 0.15) is 28.3 Å². The second-order valence-corrected chi connectivity index (χ2v) is 5.31. The van der Waals surface area contributed by atoms with Crippen molar-refractivity contribution >= 4 is 11.6 Å². The predicted octanol–water partition coefficient (Wildman–Crippen LogP) is 4.34. The number of benzene rings is 2. The van der Waals surface area contributed by atoms with Crippen LogP contribution in [0, 0.1) is 19.7 Å². The summed E-state index contributed by atoms with van der Waals surface area (Å²) in [5.74, 6) is -0.413. The Labute approximate surface area is 118 Å². The summed E-state index contributed by atoms with van der Waals surface area (Å²) in [5, 5.41) is 0.119. The van der Waals surface area contributed by atoms with Gasteiger partial charge in [-0.25, -0.2) is 4.39 Å². The molecule has 3 heteroatoms. The molecule has 2 N–H and O–H groups in total. The molecule has 1 nitrogen and oxygen atoms in total. The molecule has 0 aromatic heterocycles. The summed E-state index contributed by atoms with van der Waals surface area (Å²) in [6.07, 6.45) is 0.711. The van der Waals surface area contributed by atoms with E-state index < -0.39 is 5.82 Å². The molecule has 0 heterocycles. The summed E-state index contributed by atoms with van der Waals surface area (Å²) >= 11 is 5.78. The van der Waals surface area contributed by atoms with Crippen molar-refractivity contribution < 1.29 is 4.39 Å². The van der Waals surface area contributed by atoms with Crippen LogP contribution in [0.4, 0.5) is 4.39 Å². The van der Waals surface area contributed by atoms with Crippen molar-refractivity contribution in [2.75, 3.05) is 0 Å². The van der Waals surface area contributed by atoms with Crippen LogP contribution in [0.2, 0.25) is 5.02 Å². The standard InChI is InChI=1S/C16H17ClFN/c1-10-3-4-12(7-11(10)2)8-16(19)13-5-6-15(18)14(17)9-13/h3-7,9,16H,8,19H2,1-2H3. The van der Waals surface area contributed by atoms with Crippen molar-refractivity contribution in [3.63, 3.8) is 0 Å². The van der Waals surface area contributed by atoms with Gasteiger partial charge in [0.15, 0.2) is 0 Å². The molecular formula is C16H17ClFN. The molecule has 19 heavy (non-hydrogen) atoms. The summed E-state index contributed by atoms with van der Waals surface area (Å²) in [5.41, 5.74) is 10.7. The normalized spacial score (nSPS) is 12.5. The molecule has 2 aromatic carbocycles. The van der Waals surface area contributed by atoms with Crippen molar-refractivity contribution in [3.05, 3.63) is 69.5 Å². The van der Waals surface area contributed by atoms with Crippen LogP contribution in [-0.4, -0.2) is 0 Å². The van der Waals surface area contributed by atoms with E-state index >= 15 is 0 Å².